The van der Waals surface area contributed by atoms with Crippen molar-refractivity contribution in [3.63, 3.8) is 0 Å². The number of nitrogens with zero attached hydrogens (tertiary/aromatic N) is 3. The van der Waals surface area contributed by atoms with Crippen LogP contribution in [0.1, 0.15) is 49.3 Å². The van der Waals surface area contributed by atoms with Crippen molar-refractivity contribution in [1.29, 1.82) is 0 Å². The smallest absolute Gasteiger partial charge is 0.360 e. The van der Waals surface area contributed by atoms with Gasteiger partial charge >= 0.3 is 5.97 Å². The maximum Gasteiger partial charge on any atom is 0.360 e. The summed E-state index contributed by atoms with van der Waals surface area (Å²) >= 11 is 1.80. The summed E-state index contributed by atoms with van der Waals surface area (Å²) in [4.78, 5) is 11.8. The topological polar surface area (TPSA) is 57.0 Å². The second-order valence-corrected chi connectivity index (χ2v) is 5.25. The predicted octanol–water partition coefficient (Wildman–Crippen LogP) is 2.33. The number of thioether (sulfide) groups is 1. The van der Waals surface area contributed by atoms with Gasteiger partial charge in [0.15, 0.2) is 5.69 Å². The molecule has 0 aliphatic heterocycles. The van der Waals surface area contributed by atoms with E-state index in [0.717, 1.165) is 24.4 Å². The van der Waals surface area contributed by atoms with Crippen LogP contribution >= 0.6 is 11.8 Å². The Morgan fingerprint density at radius 3 is 2.78 bits per heavy atom. The molecule has 0 bridgehead atoms. The minimum Gasteiger partial charge on any atom is -0.461 e. The van der Waals surface area contributed by atoms with Gasteiger partial charge in [0.25, 0.3) is 0 Å². The van der Waals surface area contributed by atoms with Crippen LogP contribution in [0, 0.1) is 0 Å². The summed E-state index contributed by atoms with van der Waals surface area (Å²) in [6.45, 7) is 7.01. The molecule has 0 unspecified atom stereocenters. The molecule has 18 heavy (non-hydrogen) atoms. The average molecular weight is 271 g/mol. The molecule has 0 aliphatic carbocycles. The Balaban J connectivity index is 2.88. The highest BCUT2D eigenvalue weighted by atomic mass is 32.2. The van der Waals surface area contributed by atoms with Gasteiger partial charge in [-0.3, -0.25) is 0 Å². The zero-order valence-corrected chi connectivity index (χ0v) is 12.3. The number of hydrogen-bond donors (Lipinski definition) is 0. The molecule has 1 rings (SSSR count). The van der Waals surface area contributed by atoms with Crippen LogP contribution in [0.5, 0.6) is 0 Å². The number of aryl methyl sites for hydroxylation is 1. The number of ether oxygens (including phenoxy) is 1. The van der Waals surface area contributed by atoms with Crippen LogP contribution in [0.3, 0.4) is 0 Å². The Hall–Kier alpha value is -1.04. The van der Waals surface area contributed by atoms with Crippen LogP contribution in [0.4, 0.5) is 0 Å². The molecule has 0 atom stereocenters. The number of carbonyl (C=O) groups is 1. The lowest BCUT2D eigenvalue weighted by Gasteiger charge is -2.10. The molecule has 102 valence electrons. The molecular weight excluding hydrogens is 250 g/mol. The second kappa shape index (κ2) is 7.41. The Labute approximate surface area is 112 Å². The largest absolute Gasteiger partial charge is 0.461 e. The van der Waals surface area contributed by atoms with E-state index < -0.39 is 0 Å². The molecule has 0 N–H and O–H groups in total. The zero-order chi connectivity index (χ0) is 13.5. The fraction of sp³-hybridized carbons (Fsp3) is 0.750. The molecule has 0 radical (unpaired) electrons. The van der Waals surface area contributed by atoms with Gasteiger partial charge in [-0.2, -0.15) is 11.8 Å². The minimum atomic E-state index is -0.377. The molecule has 0 saturated carbocycles. The van der Waals surface area contributed by atoms with Crippen molar-refractivity contribution in [3.05, 3.63) is 11.4 Å². The summed E-state index contributed by atoms with van der Waals surface area (Å²) in [5, 5.41) is 8.04. The van der Waals surface area contributed by atoms with E-state index in [-0.39, 0.29) is 11.9 Å². The van der Waals surface area contributed by atoms with Crippen molar-refractivity contribution in [2.75, 3.05) is 18.6 Å². The van der Waals surface area contributed by atoms with E-state index in [0.29, 0.717) is 12.3 Å². The summed E-state index contributed by atoms with van der Waals surface area (Å²) in [5.41, 5.74) is 1.23. The second-order valence-electron chi connectivity index (χ2n) is 4.27. The summed E-state index contributed by atoms with van der Waals surface area (Å²) < 4.78 is 6.83. The third-order valence-corrected chi connectivity index (χ3v) is 3.20. The fourth-order valence-corrected chi connectivity index (χ4v) is 2.18. The number of aromatic nitrogens is 3. The summed E-state index contributed by atoms with van der Waals surface area (Å²) in [6, 6.07) is 0. The monoisotopic (exact) mass is 271 g/mol. The van der Waals surface area contributed by atoms with Crippen molar-refractivity contribution >= 4 is 17.7 Å². The van der Waals surface area contributed by atoms with Gasteiger partial charge in [-0.15, -0.1) is 5.10 Å². The first-order valence-electron chi connectivity index (χ1n) is 6.21. The van der Waals surface area contributed by atoms with Crippen molar-refractivity contribution in [1.82, 2.24) is 15.0 Å². The van der Waals surface area contributed by atoms with Gasteiger partial charge < -0.3 is 4.74 Å². The third kappa shape index (κ3) is 3.73. The van der Waals surface area contributed by atoms with Crippen LogP contribution in [0.25, 0.3) is 0 Å². The van der Waals surface area contributed by atoms with Crippen molar-refractivity contribution in [3.8, 4) is 0 Å². The van der Waals surface area contributed by atoms with Crippen LogP contribution in [-0.2, 0) is 11.3 Å². The SMILES string of the molecule is CCOC(=O)c1nnn(CCCSC)c1C(C)C. The highest BCUT2D eigenvalue weighted by Crippen LogP contribution is 2.19. The molecular formula is C12H21N3O2S. The van der Waals surface area contributed by atoms with E-state index in [9.17, 15) is 4.79 Å². The number of carbonyl (C=O) groups excluding carboxylic acids is 1. The Morgan fingerprint density at radius 2 is 2.22 bits per heavy atom. The zero-order valence-electron chi connectivity index (χ0n) is 11.5. The molecule has 0 amide bonds. The van der Waals surface area contributed by atoms with E-state index in [2.05, 4.69) is 16.6 Å². The maximum absolute atomic E-state index is 11.8. The van der Waals surface area contributed by atoms with E-state index in [1.165, 1.54) is 0 Å². The lowest BCUT2D eigenvalue weighted by atomic mass is 10.1. The van der Waals surface area contributed by atoms with Crippen LogP contribution in [-0.4, -0.2) is 39.6 Å². The lowest BCUT2D eigenvalue weighted by Crippen LogP contribution is -2.12. The van der Waals surface area contributed by atoms with Crippen molar-refractivity contribution < 1.29 is 9.53 Å². The lowest BCUT2D eigenvalue weighted by molar-refractivity contribution is 0.0517. The molecule has 0 aliphatic rings. The summed E-state index contributed by atoms with van der Waals surface area (Å²) in [7, 11) is 0. The van der Waals surface area contributed by atoms with Gasteiger partial charge in [-0.25, -0.2) is 9.48 Å². The molecule has 0 saturated heterocycles. The first kappa shape index (κ1) is 15.0. The fourth-order valence-electron chi connectivity index (χ4n) is 1.76. The Morgan fingerprint density at radius 1 is 1.50 bits per heavy atom. The van der Waals surface area contributed by atoms with E-state index in [1.807, 2.05) is 18.5 Å². The quantitative estimate of drug-likeness (QED) is 0.563. The van der Waals surface area contributed by atoms with Gasteiger partial charge in [0.1, 0.15) is 0 Å². The highest BCUT2D eigenvalue weighted by Gasteiger charge is 2.22. The molecule has 1 aromatic heterocycles. The van der Waals surface area contributed by atoms with Gasteiger partial charge in [0, 0.05) is 6.54 Å². The van der Waals surface area contributed by atoms with Crippen LogP contribution in [0.15, 0.2) is 0 Å². The van der Waals surface area contributed by atoms with E-state index >= 15 is 0 Å². The van der Waals surface area contributed by atoms with E-state index in [1.54, 1.807) is 18.7 Å². The highest BCUT2D eigenvalue weighted by molar-refractivity contribution is 7.98. The predicted molar refractivity (Wildman–Crippen MR) is 73.1 cm³/mol. The molecule has 0 aromatic carbocycles. The Kier molecular flexibility index (Phi) is 6.18. The maximum atomic E-state index is 11.8. The van der Waals surface area contributed by atoms with Gasteiger partial charge in [-0.1, -0.05) is 19.1 Å². The van der Waals surface area contributed by atoms with Gasteiger partial charge in [0.2, 0.25) is 0 Å². The van der Waals surface area contributed by atoms with Crippen LogP contribution < -0.4 is 0 Å². The number of esters is 1. The van der Waals surface area contributed by atoms with Crippen molar-refractivity contribution in [2.24, 2.45) is 0 Å². The third-order valence-electron chi connectivity index (χ3n) is 2.51. The minimum absolute atomic E-state index is 0.202. The molecule has 0 spiro atoms. The average Bonchev–Trinajstić information content (AvgIpc) is 2.74. The van der Waals surface area contributed by atoms with E-state index in [4.69, 9.17) is 4.74 Å². The molecule has 6 heteroatoms. The first-order chi connectivity index (χ1) is 8.61. The number of hydrogen-bond acceptors (Lipinski definition) is 5. The number of rotatable bonds is 7. The van der Waals surface area contributed by atoms with Gasteiger partial charge in [-0.05, 0) is 31.3 Å². The molecule has 0 fully saturated rings. The Bertz CT molecular complexity index is 391. The molecule has 5 nitrogen and oxygen atoms in total. The van der Waals surface area contributed by atoms with Crippen LogP contribution in [0.2, 0.25) is 0 Å². The molecule has 1 heterocycles. The summed E-state index contributed by atoms with van der Waals surface area (Å²) in [5.74, 6) is 0.901. The van der Waals surface area contributed by atoms with Gasteiger partial charge in [0.05, 0.1) is 12.3 Å². The standard InChI is InChI=1S/C12H21N3O2S/c1-5-17-12(16)10-11(9(2)3)15(14-13-10)7-6-8-18-4/h9H,5-8H2,1-4H3. The molecule has 1 aromatic rings. The van der Waals surface area contributed by atoms with Crippen molar-refractivity contribution in [2.45, 2.75) is 39.7 Å². The normalized spacial score (nSPS) is 10.9. The first-order valence-corrected chi connectivity index (χ1v) is 7.60. The summed E-state index contributed by atoms with van der Waals surface area (Å²) in [6.07, 6.45) is 3.10.